The quantitative estimate of drug-likeness (QED) is 0.803. The van der Waals surface area contributed by atoms with E-state index >= 15 is 0 Å². The topological polar surface area (TPSA) is 73.6 Å². The van der Waals surface area contributed by atoms with Crippen LogP contribution in [0, 0.1) is 0 Å². The molecule has 3 N–H and O–H groups in total. The smallest absolute Gasteiger partial charge is 0.237 e. The summed E-state index contributed by atoms with van der Waals surface area (Å²) >= 11 is 1.47. The molecular weight excluding hydrogens is 240 g/mol. The number of hydrogen-bond acceptors (Lipinski definition) is 5. The van der Waals surface area contributed by atoms with Crippen molar-refractivity contribution in [2.45, 2.75) is 12.2 Å². The number of thioether (sulfide) groups is 1. The van der Waals surface area contributed by atoms with Crippen LogP contribution in [0.5, 0.6) is 11.5 Å². The summed E-state index contributed by atoms with van der Waals surface area (Å²) in [5, 5.41) is 2.65. The predicted molar refractivity (Wildman–Crippen MR) is 68.6 cm³/mol. The zero-order valence-corrected chi connectivity index (χ0v) is 10.5. The van der Waals surface area contributed by atoms with Crippen LogP contribution in [0.25, 0.3) is 0 Å². The average Bonchev–Trinajstić information content (AvgIpc) is 2.75. The highest BCUT2D eigenvalue weighted by atomic mass is 32.2. The van der Waals surface area contributed by atoms with E-state index < -0.39 is 0 Å². The first-order valence-electron chi connectivity index (χ1n) is 5.14. The van der Waals surface area contributed by atoms with Crippen LogP contribution in [-0.2, 0) is 4.79 Å². The van der Waals surface area contributed by atoms with E-state index in [1.54, 1.807) is 12.1 Å². The van der Waals surface area contributed by atoms with Crippen molar-refractivity contribution in [3.63, 3.8) is 0 Å². The Labute approximate surface area is 104 Å². The molecule has 0 aliphatic carbocycles. The van der Waals surface area contributed by atoms with Crippen molar-refractivity contribution in [2.24, 2.45) is 0 Å². The van der Waals surface area contributed by atoms with Gasteiger partial charge in [-0.2, -0.15) is 11.8 Å². The Balaban J connectivity index is 2.19. The number of carbonyl (C=O) groups excluding carboxylic acids is 1. The van der Waals surface area contributed by atoms with Crippen molar-refractivity contribution < 1.29 is 14.3 Å². The summed E-state index contributed by atoms with van der Waals surface area (Å²) in [4.78, 5) is 11.7. The van der Waals surface area contributed by atoms with Gasteiger partial charge in [0.05, 0.1) is 16.6 Å². The molecular formula is C11H14N2O3S. The van der Waals surface area contributed by atoms with Crippen LogP contribution in [0.4, 0.5) is 11.4 Å². The highest BCUT2D eigenvalue weighted by Crippen LogP contribution is 2.38. The number of nitrogens with one attached hydrogen (secondary N) is 1. The van der Waals surface area contributed by atoms with Gasteiger partial charge in [0.25, 0.3) is 0 Å². The Morgan fingerprint density at radius 3 is 2.76 bits per heavy atom. The molecule has 1 atom stereocenters. The van der Waals surface area contributed by atoms with Gasteiger partial charge in [0.2, 0.25) is 12.7 Å². The van der Waals surface area contributed by atoms with Gasteiger partial charge in [-0.25, -0.2) is 0 Å². The number of amides is 1. The zero-order chi connectivity index (χ0) is 12.4. The molecule has 6 heteroatoms. The fourth-order valence-electron chi connectivity index (χ4n) is 1.41. The first-order chi connectivity index (χ1) is 8.11. The molecule has 0 aromatic heterocycles. The van der Waals surface area contributed by atoms with Gasteiger partial charge < -0.3 is 20.5 Å². The van der Waals surface area contributed by atoms with E-state index in [0.29, 0.717) is 22.9 Å². The summed E-state index contributed by atoms with van der Waals surface area (Å²) in [5.41, 5.74) is 6.85. The number of fused-ring (bicyclic) bond motifs is 1. The van der Waals surface area contributed by atoms with E-state index in [9.17, 15) is 4.79 Å². The fraction of sp³-hybridized carbons (Fsp3) is 0.364. The summed E-state index contributed by atoms with van der Waals surface area (Å²) < 4.78 is 10.4. The lowest BCUT2D eigenvalue weighted by molar-refractivity contribution is -0.115. The van der Waals surface area contributed by atoms with Crippen LogP contribution in [-0.4, -0.2) is 24.2 Å². The highest BCUT2D eigenvalue weighted by Gasteiger charge is 2.18. The molecule has 1 amide bonds. The van der Waals surface area contributed by atoms with Crippen LogP contribution in [0.1, 0.15) is 6.92 Å². The molecule has 92 valence electrons. The third kappa shape index (κ3) is 2.41. The van der Waals surface area contributed by atoms with E-state index in [0.717, 1.165) is 0 Å². The standard InChI is InChI=1S/C11H14N2O3S/c1-6(17-2)11(14)13-8-4-10-9(3-7(8)12)15-5-16-10/h3-4,6H,5,12H2,1-2H3,(H,13,14). The molecule has 1 aliphatic rings. The molecule has 1 heterocycles. The number of nitrogen functional groups attached to an aromatic ring is 1. The summed E-state index contributed by atoms with van der Waals surface area (Å²) in [6.45, 7) is 2.02. The van der Waals surface area contributed by atoms with Gasteiger partial charge >= 0.3 is 0 Å². The van der Waals surface area contributed by atoms with Crippen LogP contribution in [0.15, 0.2) is 12.1 Å². The summed E-state index contributed by atoms with van der Waals surface area (Å²) in [5.74, 6) is 1.13. The number of carbonyl (C=O) groups is 1. The van der Waals surface area contributed by atoms with Crippen LogP contribution in [0.3, 0.4) is 0 Å². The second kappa shape index (κ2) is 4.75. The van der Waals surface area contributed by atoms with Gasteiger partial charge in [0.1, 0.15) is 0 Å². The van der Waals surface area contributed by atoms with Gasteiger partial charge in [-0.15, -0.1) is 0 Å². The third-order valence-electron chi connectivity index (χ3n) is 2.53. The summed E-state index contributed by atoms with van der Waals surface area (Å²) in [6.07, 6.45) is 1.88. The molecule has 2 rings (SSSR count). The molecule has 5 nitrogen and oxygen atoms in total. The number of nitrogens with two attached hydrogens (primary N) is 1. The second-order valence-corrected chi connectivity index (χ2v) is 4.84. The van der Waals surface area contributed by atoms with Crippen molar-refractivity contribution in [1.29, 1.82) is 0 Å². The molecule has 0 spiro atoms. The van der Waals surface area contributed by atoms with Crippen molar-refractivity contribution in [3.05, 3.63) is 12.1 Å². The zero-order valence-electron chi connectivity index (χ0n) is 9.65. The lowest BCUT2D eigenvalue weighted by atomic mass is 10.2. The van der Waals surface area contributed by atoms with E-state index in [2.05, 4.69) is 5.32 Å². The number of rotatable bonds is 3. The highest BCUT2D eigenvalue weighted by molar-refractivity contribution is 7.99. The second-order valence-electron chi connectivity index (χ2n) is 3.66. The number of anilines is 2. The minimum Gasteiger partial charge on any atom is -0.454 e. The molecule has 1 unspecified atom stereocenters. The van der Waals surface area contributed by atoms with Crippen molar-refractivity contribution in [3.8, 4) is 11.5 Å². The SMILES string of the molecule is CSC(C)C(=O)Nc1cc2c(cc1N)OCO2. The Morgan fingerprint density at radius 1 is 1.47 bits per heavy atom. The van der Waals surface area contributed by atoms with Crippen molar-refractivity contribution in [1.82, 2.24) is 0 Å². The molecule has 1 aromatic rings. The lowest BCUT2D eigenvalue weighted by Crippen LogP contribution is -2.22. The monoisotopic (exact) mass is 254 g/mol. The van der Waals surface area contributed by atoms with Gasteiger partial charge in [0, 0.05) is 12.1 Å². The molecule has 0 saturated heterocycles. The Bertz CT molecular complexity index is 451. The molecule has 0 fully saturated rings. The summed E-state index contributed by atoms with van der Waals surface area (Å²) in [6, 6.07) is 3.34. The van der Waals surface area contributed by atoms with Gasteiger partial charge in [-0.05, 0) is 13.2 Å². The van der Waals surface area contributed by atoms with E-state index in [4.69, 9.17) is 15.2 Å². The maximum atomic E-state index is 11.7. The van der Waals surface area contributed by atoms with Crippen molar-refractivity contribution in [2.75, 3.05) is 24.1 Å². The molecule has 0 radical (unpaired) electrons. The number of hydrogen-bond donors (Lipinski definition) is 2. The van der Waals surface area contributed by atoms with Crippen molar-refractivity contribution >= 4 is 29.0 Å². The summed E-state index contributed by atoms with van der Waals surface area (Å²) in [7, 11) is 0. The fourth-order valence-corrected chi connectivity index (χ4v) is 1.68. The molecule has 0 saturated carbocycles. The van der Waals surface area contributed by atoms with Crippen LogP contribution in [0.2, 0.25) is 0 Å². The third-order valence-corrected chi connectivity index (χ3v) is 3.45. The lowest BCUT2D eigenvalue weighted by Gasteiger charge is -2.12. The van der Waals surface area contributed by atoms with E-state index in [1.807, 2.05) is 13.2 Å². The van der Waals surface area contributed by atoms with E-state index in [1.165, 1.54) is 11.8 Å². The predicted octanol–water partition coefficient (Wildman–Crippen LogP) is 1.69. The minimum atomic E-state index is -0.125. The normalized spacial score (nSPS) is 14.5. The average molecular weight is 254 g/mol. The van der Waals surface area contributed by atoms with Gasteiger partial charge in [-0.3, -0.25) is 4.79 Å². The Hall–Kier alpha value is -1.56. The van der Waals surface area contributed by atoms with Crippen LogP contribution < -0.4 is 20.5 Å². The Kier molecular flexibility index (Phi) is 3.33. The van der Waals surface area contributed by atoms with Crippen LogP contribution >= 0.6 is 11.8 Å². The molecule has 1 aliphatic heterocycles. The first-order valence-corrected chi connectivity index (χ1v) is 6.43. The van der Waals surface area contributed by atoms with Gasteiger partial charge in [-0.1, -0.05) is 0 Å². The molecule has 1 aromatic carbocycles. The number of ether oxygens (including phenoxy) is 2. The first kappa shape index (κ1) is 11.9. The maximum absolute atomic E-state index is 11.7. The largest absolute Gasteiger partial charge is 0.454 e. The van der Waals surface area contributed by atoms with Gasteiger partial charge in [0.15, 0.2) is 11.5 Å². The minimum absolute atomic E-state index is 0.0805. The maximum Gasteiger partial charge on any atom is 0.237 e. The number of benzene rings is 1. The molecule has 17 heavy (non-hydrogen) atoms. The van der Waals surface area contributed by atoms with E-state index in [-0.39, 0.29) is 18.0 Å². The Morgan fingerprint density at radius 2 is 2.12 bits per heavy atom. The molecule has 0 bridgehead atoms.